The average molecular weight is 316 g/mol. The molecule has 21 heavy (non-hydrogen) atoms. The molecule has 0 spiro atoms. The molecule has 1 rings (SSSR count). The predicted octanol–water partition coefficient (Wildman–Crippen LogP) is 2.59. The van der Waals surface area contributed by atoms with Crippen molar-refractivity contribution in [3.8, 4) is 0 Å². The summed E-state index contributed by atoms with van der Waals surface area (Å²) in [5, 5.41) is 0. The average Bonchev–Trinajstić information content (AvgIpc) is 2.36. The molecule has 120 valence electrons. The SMILES string of the molecule is CC(C)CN(CC(C)C)S(=O)(=O)c1cccc(F)c1CN. The highest BCUT2D eigenvalue weighted by atomic mass is 32.2. The van der Waals surface area contributed by atoms with Crippen molar-refractivity contribution in [1.29, 1.82) is 0 Å². The molecule has 0 bridgehead atoms. The van der Waals surface area contributed by atoms with Gasteiger partial charge in [-0.2, -0.15) is 4.31 Å². The highest BCUT2D eigenvalue weighted by Crippen LogP contribution is 2.24. The predicted molar refractivity (Wildman–Crippen MR) is 82.7 cm³/mol. The van der Waals surface area contributed by atoms with Crippen LogP contribution in [0.25, 0.3) is 0 Å². The van der Waals surface area contributed by atoms with Gasteiger partial charge in [0.1, 0.15) is 5.82 Å². The second-order valence-electron chi connectivity index (χ2n) is 6.03. The van der Waals surface area contributed by atoms with E-state index in [1.807, 2.05) is 27.7 Å². The van der Waals surface area contributed by atoms with Crippen molar-refractivity contribution in [3.63, 3.8) is 0 Å². The van der Waals surface area contributed by atoms with Gasteiger partial charge in [0.2, 0.25) is 10.0 Å². The molecule has 2 N–H and O–H groups in total. The molecule has 0 saturated carbocycles. The summed E-state index contributed by atoms with van der Waals surface area (Å²) in [6.07, 6.45) is 0. The van der Waals surface area contributed by atoms with Gasteiger partial charge in [-0.25, -0.2) is 12.8 Å². The lowest BCUT2D eigenvalue weighted by Gasteiger charge is -2.26. The molecule has 0 atom stereocenters. The number of nitrogens with zero attached hydrogens (tertiary/aromatic N) is 1. The lowest BCUT2D eigenvalue weighted by molar-refractivity contribution is 0.333. The Bertz CT molecular complexity index is 561. The Labute approximate surface area is 127 Å². The van der Waals surface area contributed by atoms with Crippen LogP contribution < -0.4 is 5.73 Å². The van der Waals surface area contributed by atoms with Gasteiger partial charge >= 0.3 is 0 Å². The third-order valence-corrected chi connectivity index (χ3v) is 4.95. The van der Waals surface area contributed by atoms with Crippen LogP contribution in [0.15, 0.2) is 23.1 Å². The minimum Gasteiger partial charge on any atom is -0.326 e. The van der Waals surface area contributed by atoms with E-state index >= 15 is 0 Å². The van der Waals surface area contributed by atoms with E-state index in [9.17, 15) is 12.8 Å². The highest BCUT2D eigenvalue weighted by molar-refractivity contribution is 7.89. The summed E-state index contributed by atoms with van der Waals surface area (Å²) < 4.78 is 40.9. The maximum Gasteiger partial charge on any atom is 0.243 e. The van der Waals surface area contributed by atoms with Crippen LogP contribution in [-0.4, -0.2) is 25.8 Å². The molecule has 6 heteroatoms. The molecule has 0 aromatic heterocycles. The van der Waals surface area contributed by atoms with E-state index in [-0.39, 0.29) is 28.8 Å². The Morgan fingerprint density at radius 2 is 1.67 bits per heavy atom. The van der Waals surface area contributed by atoms with Gasteiger partial charge in [0.15, 0.2) is 0 Å². The zero-order chi connectivity index (χ0) is 16.2. The van der Waals surface area contributed by atoms with E-state index in [4.69, 9.17) is 5.73 Å². The van der Waals surface area contributed by atoms with Crippen LogP contribution in [-0.2, 0) is 16.6 Å². The zero-order valence-electron chi connectivity index (χ0n) is 13.1. The quantitative estimate of drug-likeness (QED) is 0.841. The fourth-order valence-electron chi connectivity index (χ4n) is 2.20. The first-order valence-electron chi connectivity index (χ1n) is 7.17. The number of rotatable bonds is 7. The van der Waals surface area contributed by atoms with Gasteiger partial charge in [0.25, 0.3) is 0 Å². The fraction of sp³-hybridized carbons (Fsp3) is 0.600. The summed E-state index contributed by atoms with van der Waals surface area (Å²) in [5.74, 6) is -0.200. The van der Waals surface area contributed by atoms with Crippen molar-refractivity contribution >= 4 is 10.0 Å². The summed E-state index contributed by atoms with van der Waals surface area (Å²) >= 11 is 0. The minimum atomic E-state index is -3.74. The number of sulfonamides is 1. The van der Waals surface area contributed by atoms with Gasteiger partial charge in [-0.3, -0.25) is 0 Å². The van der Waals surface area contributed by atoms with Gasteiger partial charge < -0.3 is 5.73 Å². The van der Waals surface area contributed by atoms with Crippen molar-refractivity contribution < 1.29 is 12.8 Å². The van der Waals surface area contributed by atoms with Crippen LogP contribution in [0.4, 0.5) is 4.39 Å². The third-order valence-electron chi connectivity index (χ3n) is 3.04. The maximum atomic E-state index is 13.8. The van der Waals surface area contributed by atoms with Crippen molar-refractivity contribution in [3.05, 3.63) is 29.6 Å². The standard InChI is InChI=1S/C15H25FN2O2S/c1-11(2)9-18(10-12(3)4)21(19,20)15-7-5-6-14(16)13(15)8-17/h5-7,11-12H,8-10,17H2,1-4H3. The van der Waals surface area contributed by atoms with Crippen molar-refractivity contribution in [2.45, 2.75) is 39.1 Å². The van der Waals surface area contributed by atoms with Crippen molar-refractivity contribution in [1.82, 2.24) is 4.31 Å². The topological polar surface area (TPSA) is 63.4 Å². The third kappa shape index (κ3) is 4.49. The van der Waals surface area contributed by atoms with Gasteiger partial charge in [0.05, 0.1) is 4.90 Å². The summed E-state index contributed by atoms with van der Waals surface area (Å²) in [6, 6.07) is 4.06. The molecule has 1 aromatic rings. The van der Waals surface area contributed by atoms with E-state index < -0.39 is 15.8 Å². The second-order valence-corrected chi connectivity index (χ2v) is 7.94. The van der Waals surface area contributed by atoms with Crippen molar-refractivity contribution in [2.24, 2.45) is 17.6 Å². The van der Waals surface area contributed by atoms with Crippen molar-refractivity contribution in [2.75, 3.05) is 13.1 Å². The molecule has 1 aromatic carbocycles. The number of benzene rings is 1. The lowest BCUT2D eigenvalue weighted by atomic mass is 10.2. The molecule has 0 unspecified atom stereocenters. The molecule has 4 nitrogen and oxygen atoms in total. The molecule has 0 radical (unpaired) electrons. The van der Waals surface area contributed by atoms with Gasteiger partial charge in [-0.1, -0.05) is 33.8 Å². The van der Waals surface area contributed by atoms with E-state index in [0.29, 0.717) is 13.1 Å². The maximum absolute atomic E-state index is 13.8. The monoisotopic (exact) mass is 316 g/mol. The van der Waals surface area contributed by atoms with E-state index in [1.54, 1.807) is 0 Å². The van der Waals surface area contributed by atoms with E-state index in [0.717, 1.165) is 0 Å². The molecule has 0 amide bonds. The zero-order valence-corrected chi connectivity index (χ0v) is 14.0. The molecule has 0 saturated heterocycles. The Morgan fingerprint density at radius 1 is 1.14 bits per heavy atom. The minimum absolute atomic E-state index is 0.0219. The highest BCUT2D eigenvalue weighted by Gasteiger charge is 2.28. The van der Waals surface area contributed by atoms with Crippen LogP contribution in [0.1, 0.15) is 33.3 Å². The number of hydrogen-bond acceptors (Lipinski definition) is 3. The molecule has 0 aliphatic carbocycles. The molecule has 0 aliphatic heterocycles. The van der Waals surface area contributed by atoms with Gasteiger partial charge in [-0.15, -0.1) is 0 Å². The molecular weight excluding hydrogens is 291 g/mol. The Morgan fingerprint density at radius 3 is 2.10 bits per heavy atom. The fourth-order valence-corrected chi connectivity index (χ4v) is 4.21. The van der Waals surface area contributed by atoms with E-state index in [2.05, 4.69) is 0 Å². The van der Waals surface area contributed by atoms with Crippen LogP contribution in [0.2, 0.25) is 0 Å². The Balaban J connectivity index is 3.31. The van der Waals surface area contributed by atoms with Gasteiger partial charge in [0, 0.05) is 25.2 Å². The molecular formula is C15H25FN2O2S. The van der Waals surface area contributed by atoms with Crippen LogP contribution in [0.5, 0.6) is 0 Å². The van der Waals surface area contributed by atoms with Crippen LogP contribution in [0.3, 0.4) is 0 Å². The second kappa shape index (κ2) is 7.33. The molecule has 0 heterocycles. The van der Waals surface area contributed by atoms with E-state index in [1.165, 1.54) is 22.5 Å². The first-order valence-corrected chi connectivity index (χ1v) is 8.61. The molecule has 0 fully saturated rings. The number of halogens is 1. The van der Waals surface area contributed by atoms with Gasteiger partial charge in [-0.05, 0) is 24.0 Å². The Kier molecular flexibility index (Phi) is 6.31. The first kappa shape index (κ1) is 18.1. The van der Waals surface area contributed by atoms with Crippen LogP contribution >= 0.6 is 0 Å². The number of hydrogen-bond donors (Lipinski definition) is 1. The summed E-state index contributed by atoms with van der Waals surface area (Å²) in [5.41, 5.74) is 5.58. The summed E-state index contributed by atoms with van der Waals surface area (Å²) in [7, 11) is -3.74. The largest absolute Gasteiger partial charge is 0.326 e. The smallest absolute Gasteiger partial charge is 0.243 e. The molecule has 0 aliphatic rings. The Hall–Kier alpha value is -0.980. The first-order chi connectivity index (χ1) is 9.70. The van der Waals surface area contributed by atoms with Crippen LogP contribution in [0, 0.1) is 17.7 Å². The lowest BCUT2D eigenvalue weighted by Crippen LogP contribution is -2.37. The number of nitrogens with two attached hydrogens (primary N) is 1. The summed E-state index contributed by atoms with van der Waals surface area (Å²) in [6.45, 7) is 8.49. The normalized spacial score (nSPS) is 12.6. The summed E-state index contributed by atoms with van der Waals surface area (Å²) in [4.78, 5) is -0.0219.